The minimum Gasteiger partial charge on any atom is -0.278 e. The van der Waals surface area contributed by atoms with Crippen LogP contribution in [0.4, 0.5) is 0 Å². The highest BCUT2D eigenvalue weighted by molar-refractivity contribution is 5.30. The molecule has 0 unspecified atom stereocenters. The van der Waals surface area contributed by atoms with Crippen molar-refractivity contribution in [2.75, 3.05) is 6.67 Å². The van der Waals surface area contributed by atoms with Crippen LogP contribution < -0.4 is 0 Å². The van der Waals surface area contributed by atoms with Crippen LogP contribution in [0.1, 0.15) is 104 Å². The highest BCUT2D eigenvalue weighted by atomic mass is 15.4. The average molecular weight is 501 g/mol. The molecule has 1 heterocycles. The van der Waals surface area contributed by atoms with Crippen molar-refractivity contribution in [1.29, 1.82) is 0 Å². The van der Waals surface area contributed by atoms with Crippen LogP contribution in [0, 0.1) is 34.5 Å². The van der Waals surface area contributed by atoms with Crippen LogP contribution in [0.25, 0.3) is 0 Å². The molecule has 0 bridgehead atoms. The summed E-state index contributed by atoms with van der Waals surface area (Å²) in [5.74, 6) is 3.04. The fourth-order valence-electron chi connectivity index (χ4n) is 8.04. The highest BCUT2D eigenvalue weighted by Crippen LogP contribution is 2.59. The van der Waals surface area contributed by atoms with Gasteiger partial charge in [-0.1, -0.05) is 116 Å². The van der Waals surface area contributed by atoms with E-state index in [9.17, 15) is 0 Å². The van der Waals surface area contributed by atoms with Crippen molar-refractivity contribution in [3.63, 3.8) is 0 Å². The van der Waals surface area contributed by atoms with Crippen molar-refractivity contribution in [3.05, 3.63) is 71.8 Å². The number of nitrogens with zero attached hydrogens (tertiary/aromatic N) is 2. The van der Waals surface area contributed by atoms with Crippen LogP contribution in [-0.2, 0) is 0 Å². The molecule has 2 saturated carbocycles. The molecule has 7 atom stereocenters. The molecule has 2 aromatic carbocycles. The zero-order valence-electron chi connectivity index (χ0n) is 24.8. The first-order chi connectivity index (χ1) is 17.5. The third-order valence-corrected chi connectivity index (χ3v) is 10.7. The van der Waals surface area contributed by atoms with Gasteiger partial charge >= 0.3 is 0 Å². The van der Waals surface area contributed by atoms with Gasteiger partial charge in [0.1, 0.15) is 0 Å². The second kappa shape index (κ2) is 10.2. The van der Waals surface area contributed by atoms with E-state index in [1.165, 1.54) is 36.8 Å². The predicted octanol–water partition coefficient (Wildman–Crippen LogP) is 8.97. The Kier molecular flexibility index (Phi) is 7.40. The third-order valence-electron chi connectivity index (χ3n) is 10.7. The summed E-state index contributed by atoms with van der Waals surface area (Å²) in [6.07, 6.45) is 5.31. The first kappa shape index (κ1) is 26.9. The standard InChI is InChI=1S/C35H52N2/c1-9-30(25(4)29-22-35(29,7)8)36-23-37(31(24(2)3)20-28-21-34(28,5)6)33(27-18-14-11-15-19-27)32(36)26-16-12-10-13-17-26/h10-19,24-25,28-33H,9,20-23H2,1-8H3/t25-,28-,29-,30-,31-,32+,33+/m0/s1. The van der Waals surface area contributed by atoms with Crippen LogP contribution in [-0.4, -0.2) is 28.6 Å². The summed E-state index contributed by atoms with van der Waals surface area (Å²) in [7, 11) is 0. The largest absolute Gasteiger partial charge is 0.278 e. The Morgan fingerprint density at radius 1 is 0.730 bits per heavy atom. The van der Waals surface area contributed by atoms with E-state index < -0.39 is 0 Å². The Bertz CT molecular complexity index is 976. The molecule has 0 spiro atoms. The summed E-state index contributed by atoms with van der Waals surface area (Å²) >= 11 is 0. The van der Waals surface area contributed by atoms with Gasteiger partial charge in [0.15, 0.2) is 0 Å². The molecule has 3 fully saturated rings. The van der Waals surface area contributed by atoms with E-state index in [2.05, 4.69) is 126 Å². The molecule has 1 aliphatic heterocycles. The maximum absolute atomic E-state index is 2.94. The summed E-state index contributed by atoms with van der Waals surface area (Å²) < 4.78 is 0. The van der Waals surface area contributed by atoms with E-state index >= 15 is 0 Å². The second-order valence-electron chi connectivity index (χ2n) is 14.5. The van der Waals surface area contributed by atoms with E-state index in [0.717, 1.165) is 18.5 Å². The van der Waals surface area contributed by atoms with Gasteiger partial charge in [-0.15, -0.1) is 0 Å². The van der Waals surface area contributed by atoms with Crippen LogP contribution in [0.2, 0.25) is 0 Å². The summed E-state index contributed by atoms with van der Waals surface area (Å²) in [4.78, 5) is 5.89. The van der Waals surface area contributed by atoms with Gasteiger partial charge in [-0.25, -0.2) is 0 Å². The number of hydrogen-bond acceptors (Lipinski definition) is 2. The lowest BCUT2D eigenvalue weighted by molar-refractivity contribution is 0.0776. The second-order valence-corrected chi connectivity index (χ2v) is 14.5. The molecule has 37 heavy (non-hydrogen) atoms. The van der Waals surface area contributed by atoms with Crippen molar-refractivity contribution in [2.45, 2.75) is 105 Å². The molecule has 0 amide bonds. The van der Waals surface area contributed by atoms with Crippen molar-refractivity contribution < 1.29 is 0 Å². The number of hydrogen-bond donors (Lipinski definition) is 0. The Balaban J connectivity index is 1.58. The van der Waals surface area contributed by atoms with Gasteiger partial charge in [0.2, 0.25) is 0 Å². The lowest BCUT2D eigenvalue weighted by Gasteiger charge is -2.38. The fourth-order valence-corrected chi connectivity index (χ4v) is 8.04. The first-order valence-electron chi connectivity index (χ1n) is 15.2. The smallest absolute Gasteiger partial charge is 0.0561 e. The molecular weight excluding hydrogens is 448 g/mol. The topological polar surface area (TPSA) is 6.48 Å². The van der Waals surface area contributed by atoms with Crippen LogP contribution in [0.3, 0.4) is 0 Å². The van der Waals surface area contributed by atoms with E-state index in [1.807, 2.05) is 0 Å². The molecule has 2 aliphatic carbocycles. The zero-order valence-corrected chi connectivity index (χ0v) is 24.8. The number of rotatable bonds is 10. The van der Waals surface area contributed by atoms with E-state index in [0.29, 0.717) is 46.8 Å². The maximum Gasteiger partial charge on any atom is 0.0561 e. The van der Waals surface area contributed by atoms with Crippen LogP contribution >= 0.6 is 0 Å². The maximum atomic E-state index is 2.94. The summed E-state index contributed by atoms with van der Waals surface area (Å²) in [6, 6.07) is 24.9. The molecule has 2 nitrogen and oxygen atoms in total. The average Bonchev–Trinajstić information content (AvgIpc) is 3.64. The van der Waals surface area contributed by atoms with E-state index in [4.69, 9.17) is 0 Å². The Hall–Kier alpha value is -1.64. The Morgan fingerprint density at radius 3 is 1.57 bits per heavy atom. The molecular formula is C35H52N2. The SMILES string of the molecule is CC[C@@H]([C@@H](C)[C@@H]1CC1(C)C)N1CN([C@@H](C[C@H]2CC2(C)C)C(C)C)[C@H](c2ccccc2)[C@H]1c1ccccc1. The molecule has 2 aromatic rings. The van der Waals surface area contributed by atoms with Crippen molar-refractivity contribution in [3.8, 4) is 0 Å². The third kappa shape index (κ3) is 5.30. The summed E-state index contributed by atoms with van der Waals surface area (Å²) in [5, 5.41) is 0. The predicted molar refractivity (Wildman–Crippen MR) is 157 cm³/mol. The van der Waals surface area contributed by atoms with E-state index in [-0.39, 0.29) is 0 Å². The zero-order chi connectivity index (χ0) is 26.5. The summed E-state index contributed by atoms with van der Waals surface area (Å²) in [6.45, 7) is 20.9. The molecule has 5 rings (SSSR count). The van der Waals surface area contributed by atoms with Gasteiger partial charge < -0.3 is 0 Å². The van der Waals surface area contributed by atoms with Gasteiger partial charge in [-0.2, -0.15) is 0 Å². The lowest BCUT2D eigenvalue weighted by Crippen LogP contribution is -2.44. The van der Waals surface area contributed by atoms with Gasteiger partial charge in [-0.3, -0.25) is 9.80 Å². The minimum atomic E-state index is 0.381. The molecule has 2 heteroatoms. The first-order valence-corrected chi connectivity index (χ1v) is 15.2. The summed E-state index contributed by atoms with van der Waals surface area (Å²) in [5.41, 5.74) is 3.99. The molecule has 0 aromatic heterocycles. The van der Waals surface area contributed by atoms with Crippen LogP contribution in [0.15, 0.2) is 60.7 Å². The van der Waals surface area contributed by atoms with Gasteiger partial charge in [0.05, 0.1) is 18.8 Å². The normalized spacial score (nSPS) is 31.3. The van der Waals surface area contributed by atoms with Crippen molar-refractivity contribution >= 4 is 0 Å². The van der Waals surface area contributed by atoms with Crippen LogP contribution in [0.5, 0.6) is 0 Å². The number of benzene rings is 2. The Labute approximate surface area is 227 Å². The fraction of sp³-hybridized carbons (Fsp3) is 0.657. The van der Waals surface area contributed by atoms with Crippen molar-refractivity contribution in [1.82, 2.24) is 9.80 Å². The quantitative estimate of drug-likeness (QED) is 0.321. The minimum absolute atomic E-state index is 0.381. The van der Waals surface area contributed by atoms with Gasteiger partial charge in [0, 0.05) is 12.1 Å². The highest BCUT2D eigenvalue weighted by Gasteiger charge is 2.55. The molecule has 0 radical (unpaired) electrons. The molecule has 3 aliphatic rings. The molecule has 1 saturated heterocycles. The van der Waals surface area contributed by atoms with Gasteiger partial charge in [-0.05, 0) is 71.3 Å². The van der Waals surface area contributed by atoms with Gasteiger partial charge in [0.25, 0.3) is 0 Å². The Morgan fingerprint density at radius 2 is 1.19 bits per heavy atom. The lowest BCUT2D eigenvalue weighted by atomic mass is 9.86. The van der Waals surface area contributed by atoms with Crippen molar-refractivity contribution in [2.24, 2.45) is 34.5 Å². The van der Waals surface area contributed by atoms with E-state index in [1.54, 1.807) is 0 Å². The monoisotopic (exact) mass is 500 g/mol. The molecule has 202 valence electrons. The molecule has 0 N–H and O–H groups in total.